The molecule has 0 saturated heterocycles. The summed E-state index contributed by atoms with van der Waals surface area (Å²) in [4.78, 5) is 8.07. The summed E-state index contributed by atoms with van der Waals surface area (Å²) in [6, 6.07) is 53.8. The van der Waals surface area contributed by atoms with Crippen LogP contribution in [-0.4, -0.2) is 6.71 Å². The third kappa shape index (κ3) is 8.46. The van der Waals surface area contributed by atoms with E-state index in [0.29, 0.717) is 0 Å². The van der Waals surface area contributed by atoms with E-state index in [1.165, 1.54) is 169 Å². The fourth-order valence-corrected chi connectivity index (χ4v) is 15.2. The first-order valence-electron chi connectivity index (χ1n) is 30.0. The molecule has 6 aliphatic rings. The first kappa shape index (κ1) is 49.6. The molecule has 3 nitrogen and oxygen atoms in total. The molecule has 76 heavy (non-hydrogen) atoms. The maximum atomic E-state index is 2.77. The Hall–Kier alpha value is -6.00. The van der Waals surface area contributed by atoms with E-state index < -0.39 is 0 Å². The Morgan fingerprint density at radius 2 is 0.763 bits per heavy atom. The van der Waals surface area contributed by atoms with Gasteiger partial charge in [-0.05, 0) is 232 Å². The van der Waals surface area contributed by atoms with Gasteiger partial charge in [0.05, 0.1) is 5.69 Å². The Morgan fingerprint density at radius 1 is 0.342 bits per heavy atom. The number of hydrogen-bond donors (Lipinski definition) is 0. The second-order valence-electron chi connectivity index (χ2n) is 26.9. The van der Waals surface area contributed by atoms with Gasteiger partial charge in [-0.2, -0.15) is 0 Å². The van der Waals surface area contributed by atoms with Crippen molar-refractivity contribution in [1.82, 2.24) is 0 Å². The Morgan fingerprint density at radius 3 is 1.33 bits per heavy atom. The molecule has 0 radical (unpaired) electrons. The zero-order chi connectivity index (χ0) is 52.1. The average Bonchev–Trinajstić information content (AvgIpc) is 3.70. The van der Waals surface area contributed by atoms with Gasteiger partial charge in [-0.25, -0.2) is 0 Å². The molecule has 7 aromatic carbocycles. The summed E-state index contributed by atoms with van der Waals surface area (Å²) in [7, 11) is 0. The van der Waals surface area contributed by atoms with E-state index in [2.05, 4.69) is 204 Å². The monoisotopic (exact) mass is 1000 g/mol. The Kier molecular flexibility index (Phi) is 12.3. The normalized spacial score (nSPS) is 19.8. The second kappa shape index (κ2) is 18.9. The molecule has 2 heterocycles. The van der Waals surface area contributed by atoms with Crippen molar-refractivity contribution in [2.45, 2.75) is 193 Å². The molecular weight excluding hydrogens is 918 g/mol. The quantitative estimate of drug-likeness (QED) is 0.159. The van der Waals surface area contributed by atoms with Crippen molar-refractivity contribution in [2.75, 3.05) is 14.7 Å². The Labute approximate surface area is 457 Å². The maximum absolute atomic E-state index is 2.77. The third-order valence-electron chi connectivity index (χ3n) is 20.0. The minimum absolute atomic E-state index is 0.0388. The highest BCUT2D eigenvalue weighted by Gasteiger charge is 2.48. The molecule has 13 rings (SSSR count). The number of nitrogens with zero attached hydrogens (tertiary/aromatic N) is 3. The van der Waals surface area contributed by atoms with Crippen LogP contribution in [0.5, 0.6) is 0 Å². The number of hydrogen-bond acceptors (Lipinski definition) is 3. The maximum Gasteiger partial charge on any atom is 0.252 e. The molecule has 0 bridgehead atoms. The van der Waals surface area contributed by atoms with Crippen molar-refractivity contribution in [2.24, 2.45) is 0 Å². The molecule has 388 valence electrons. The number of anilines is 9. The van der Waals surface area contributed by atoms with Gasteiger partial charge in [0, 0.05) is 45.5 Å². The number of rotatable bonds is 5. The Balaban J connectivity index is 1.17. The lowest BCUT2D eigenvalue weighted by molar-refractivity contribution is 0.332. The molecule has 0 aromatic heterocycles. The SMILES string of the molecule is CC1(C)CCC(C)(C)c2cc(N3c4cc5c(cc4B4c6cc7c(cc6N(c6ccc8c(c6)CCCCCCC8)c6cc(N(c8ccccc8)c8ccccc8)cc3c64)CCCCCCC7)C(C)(C)CCC5(C)C)ccc21. The highest BCUT2D eigenvalue weighted by atomic mass is 15.2. The van der Waals surface area contributed by atoms with Crippen LogP contribution in [0.4, 0.5) is 51.2 Å². The van der Waals surface area contributed by atoms with Crippen LogP contribution >= 0.6 is 0 Å². The zero-order valence-electron chi connectivity index (χ0n) is 47.3. The lowest BCUT2D eigenvalue weighted by Crippen LogP contribution is -2.62. The zero-order valence-corrected chi connectivity index (χ0v) is 47.3. The van der Waals surface area contributed by atoms with E-state index >= 15 is 0 Å². The van der Waals surface area contributed by atoms with Crippen LogP contribution in [0.2, 0.25) is 0 Å². The highest BCUT2D eigenvalue weighted by Crippen LogP contribution is 2.54. The van der Waals surface area contributed by atoms with Crippen LogP contribution in [0.1, 0.15) is 190 Å². The lowest BCUT2D eigenvalue weighted by Gasteiger charge is -2.48. The van der Waals surface area contributed by atoms with E-state index in [1.54, 1.807) is 27.8 Å². The number of aryl methyl sites for hydroxylation is 4. The molecule has 0 spiro atoms. The lowest BCUT2D eigenvalue weighted by atomic mass is 9.33. The molecule has 4 aliphatic carbocycles. The third-order valence-corrected chi connectivity index (χ3v) is 20.0. The first-order valence-corrected chi connectivity index (χ1v) is 30.0. The summed E-state index contributed by atoms with van der Waals surface area (Å²) < 4.78 is 0. The summed E-state index contributed by atoms with van der Waals surface area (Å²) >= 11 is 0. The second-order valence-corrected chi connectivity index (χ2v) is 26.9. The van der Waals surface area contributed by atoms with Gasteiger partial charge >= 0.3 is 0 Å². The van der Waals surface area contributed by atoms with E-state index in [4.69, 9.17) is 0 Å². The fourth-order valence-electron chi connectivity index (χ4n) is 15.2. The van der Waals surface area contributed by atoms with E-state index in [0.717, 1.165) is 30.6 Å². The van der Waals surface area contributed by atoms with Gasteiger partial charge in [0.2, 0.25) is 0 Å². The van der Waals surface area contributed by atoms with Gasteiger partial charge in [0.1, 0.15) is 0 Å². The van der Waals surface area contributed by atoms with Gasteiger partial charge in [-0.15, -0.1) is 0 Å². The van der Waals surface area contributed by atoms with Crippen molar-refractivity contribution in [3.63, 3.8) is 0 Å². The summed E-state index contributed by atoms with van der Waals surface area (Å²) in [5.41, 5.74) is 28.4. The molecule has 0 saturated carbocycles. The average molecular weight is 1000 g/mol. The van der Waals surface area contributed by atoms with Crippen LogP contribution in [0.3, 0.4) is 0 Å². The molecule has 0 atom stereocenters. The standard InChI is InChI=1S/C72H82BN3/c1-69(2)37-38-70(3,4)59-44-56(35-36-58(59)69)76-65-48-61-60(71(5,6)39-40-72(61,7)8)47-63(65)73-62-42-51-27-19-13-10-14-20-28-52(51)43-64(62)75(55-34-33-49-25-17-11-9-12-18-26-50(49)41-55)66-45-57(46-67(76)68(66)73)74(53-29-21-15-22-30-53)54-31-23-16-24-32-54/h15-16,21-24,29-36,41-48H,9-14,17-20,25-28,37-40H2,1-8H3. The van der Waals surface area contributed by atoms with Gasteiger partial charge in [0.25, 0.3) is 6.71 Å². The van der Waals surface area contributed by atoms with Crippen molar-refractivity contribution < 1.29 is 0 Å². The van der Waals surface area contributed by atoms with Crippen molar-refractivity contribution >= 4 is 74.3 Å². The Bertz CT molecular complexity index is 3320. The number of benzene rings is 7. The van der Waals surface area contributed by atoms with Crippen LogP contribution in [0.15, 0.2) is 133 Å². The summed E-state index contributed by atoms with van der Waals surface area (Å²) in [5.74, 6) is 0. The minimum Gasteiger partial charge on any atom is -0.311 e. The highest BCUT2D eigenvalue weighted by molar-refractivity contribution is 7.00. The topological polar surface area (TPSA) is 9.72 Å². The van der Waals surface area contributed by atoms with Crippen LogP contribution < -0.4 is 31.1 Å². The number of fused-ring (bicyclic) bond motifs is 8. The van der Waals surface area contributed by atoms with Crippen LogP contribution in [0.25, 0.3) is 0 Å². The largest absolute Gasteiger partial charge is 0.311 e. The predicted octanol–water partition coefficient (Wildman–Crippen LogP) is 18.0. The van der Waals surface area contributed by atoms with Crippen LogP contribution in [-0.2, 0) is 47.3 Å². The van der Waals surface area contributed by atoms with Gasteiger partial charge in [-0.1, -0.05) is 155 Å². The van der Waals surface area contributed by atoms with E-state index in [9.17, 15) is 0 Å². The van der Waals surface area contributed by atoms with Crippen LogP contribution in [0, 0.1) is 0 Å². The molecule has 4 heteroatoms. The molecule has 0 unspecified atom stereocenters. The minimum atomic E-state index is 0.0388. The summed E-state index contributed by atoms with van der Waals surface area (Å²) in [6.45, 7) is 20.1. The molecular formula is C72H82BN3. The predicted molar refractivity (Wildman–Crippen MR) is 327 cm³/mol. The van der Waals surface area contributed by atoms with Crippen molar-refractivity contribution in [1.29, 1.82) is 0 Å². The smallest absolute Gasteiger partial charge is 0.252 e. The van der Waals surface area contributed by atoms with Gasteiger partial charge < -0.3 is 14.7 Å². The van der Waals surface area contributed by atoms with Crippen molar-refractivity contribution in [3.05, 3.63) is 178 Å². The van der Waals surface area contributed by atoms with E-state index in [1.807, 2.05) is 0 Å². The molecule has 7 aromatic rings. The molecule has 0 fully saturated rings. The van der Waals surface area contributed by atoms with Gasteiger partial charge in [-0.3, -0.25) is 0 Å². The van der Waals surface area contributed by atoms with E-state index in [-0.39, 0.29) is 28.4 Å². The fraction of sp³-hybridized carbons (Fsp3) is 0.417. The van der Waals surface area contributed by atoms with Crippen molar-refractivity contribution in [3.8, 4) is 0 Å². The number of para-hydroxylation sites is 2. The summed E-state index contributed by atoms with van der Waals surface area (Å²) in [6.07, 6.45) is 22.4. The first-order chi connectivity index (χ1) is 36.7. The molecule has 2 aliphatic heterocycles. The molecule has 0 amide bonds. The molecule has 0 N–H and O–H groups in total. The summed E-state index contributed by atoms with van der Waals surface area (Å²) in [5, 5.41) is 0. The van der Waals surface area contributed by atoms with Gasteiger partial charge in [0.15, 0.2) is 0 Å².